The molecule has 0 heterocycles. The summed E-state index contributed by atoms with van der Waals surface area (Å²) in [6, 6.07) is 7.01. The number of hydrogen-bond acceptors (Lipinski definition) is 5. The Hall–Kier alpha value is -1.63. The fraction of sp³-hybridized carbons (Fsp3) is 0.588. The number of carbonyl (C=O) groups excluding carboxylic acids is 1. The maximum atomic E-state index is 10.9. The SMILES string of the molecule is CCCCN(CCO)CC(O)COc1ccc(NC(C)=O)cc1. The summed E-state index contributed by atoms with van der Waals surface area (Å²) >= 11 is 0. The molecule has 0 aliphatic carbocycles. The van der Waals surface area contributed by atoms with Gasteiger partial charge in [-0.05, 0) is 37.2 Å². The van der Waals surface area contributed by atoms with Crippen molar-refractivity contribution in [1.82, 2.24) is 4.90 Å². The minimum Gasteiger partial charge on any atom is -0.491 e. The number of aliphatic hydroxyl groups is 2. The molecule has 1 amide bonds. The largest absolute Gasteiger partial charge is 0.491 e. The summed E-state index contributed by atoms with van der Waals surface area (Å²) in [7, 11) is 0. The van der Waals surface area contributed by atoms with E-state index in [4.69, 9.17) is 9.84 Å². The minimum absolute atomic E-state index is 0.0852. The first kappa shape index (κ1) is 19.4. The van der Waals surface area contributed by atoms with E-state index >= 15 is 0 Å². The lowest BCUT2D eigenvalue weighted by atomic mass is 10.2. The summed E-state index contributed by atoms with van der Waals surface area (Å²) in [5, 5.41) is 21.8. The van der Waals surface area contributed by atoms with E-state index < -0.39 is 6.10 Å². The van der Waals surface area contributed by atoms with Gasteiger partial charge in [0.05, 0.1) is 6.61 Å². The van der Waals surface area contributed by atoms with Crippen LogP contribution < -0.4 is 10.1 Å². The second-order valence-corrected chi connectivity index (χ2v) is 5.55. The van der Waals surface area contributed by atoms with Gasteiger partial charge in [0, 0.05) is 25.7 Å². The second-order valence-electron chi connectivity index (χ2n) is 5.55. The van der Waals surface area contributed by atoms with Crippen LogP contribution in [-0.2, 0) is 4.79 Å². The van der Waals surface area contributed by atoms with Gasteiger partial charge in [-0.15, -0.1) is 0 Å². The van der Waals surface area contributed by atoms with Gasteiger partial charge in [0.15, 0.2) is 0 Å². The molecule has 0 radical (unpaired) electrons. The number of amides is 1. The summed E-state index contributed by atoms with van der Waals surface area (Å²) < 4.78 is 5.56. The molecule has 0 saturated carbocycles. The molecular weight excluding hydrogens is 296 g/mol. The highest BCUT2D eigenvalue weighted by Crippen LogP contribution is 2.15. The summed E-state index contributed by atoms with van der Waals surface area (Å²) in [6.45, 7) is 5.74. The van der Waals surface area contributed by atoms with Gasteiger partial charge in [-0.1, -0.05) is 13.3 Å². The van der Waals surface area contributed by atoms with Crippen LogP contribution in [0.5, 0.6) is 5.75 Å². The van der Waals surface area contributed by atoms with Crippen molar-refractivity contribution >= 4 is 11.6 Å². The van der Waals surface area contributed by atoms with Gasteiger partial charge >= 0.3 is 0 Å². The number of anilines is 1. The van der Waals surface area contributed by atoms with Gasteiger partial charge < -0.3 is 20.3 Å². The van der Waals surface area contributed by atoms with E-state index in [2.05, 4.69) is 12.2 Å². The number of carbonyl (C=O) groups is 1. The molecule has 0 fully saturated rings. The zero-order valence-electron chi connectivity index (χ0n) is 14.0. The molecule has 23 heavy (non-hydrogen) atoms. The number of hydrogen-bond donors (Lipinski definition) is 3. The molecule has 1 aromatic rings. The zero-order valence-corrected chi connectivity index (χ0v) is 14.0. The lowest BCUT2D eigenvalue weighted by Gasteiger charge is -2.24. The topological polar surface area (TPSA) is 82.0 Å². The Morgan fingerprint density at radius 1 is 1.30 bits per heavy atom. The zero-order chi connectivity index (χ0) is 17.1. The summed E-state index contributed by atoms with van der Waals surface area (Å²) in [5.41, 5.74) is 0.707. The molecule has 6 nitrogen and oxygen atoms in total. The summed E-state index contributed by atoms with van der Waals surface area (Å²) in [5.74, 6) is 0.519. The first-order valence-corrected chi connectivity index (χ1v) is 8.07. The molecule has 3 N–H and O–H groups in total. The normalized spacial score (nSPS) is 12.2. The van der Waals surface area contributed by atoms with E-state index in [1.165, 1.54) is 6.92 Å². The van der Waals surface area contributed by atoms with E-state index in [9.17, 15) is 9.90 Å². The van der Waals surface area contributed by atoms with Crippen molar-refractivity contribution in [1.29, 1.82) is 0 Å². The molecule has 1 atom stereocenters. The highest BCUT2D eigenvalue weighted by molar-refractivity contribution is 5.88. The maximum Gasteiger partial charge on any atom is 0.221 e. The minimum atomic E-state index is -0.617. The number of aliphatic hydroxyl groups excluding tert-OH is 2. The Kier molecular flexibility index (Phi) is 9.28. The monoisotopic (exact) mass is 324 g/mol. The van der Waals surface area contributed by atoms with Crippen LogP contribution in [0.25, 0.3) is 0 Å². The number of rotatable bonds is 11. The molecule has 1 rings (SSSR count). The fourth-order valence-corrected chi connectivity index (χ4v) is 2.20. The third-order valence-electron chi connectivity index (χ3n) is 3.33. The van der Waals surface area contributed by atoms with Crippen molar-refractivity contribution in [3.8, 4) is 5.75 Å². The van der Waals surface area contributed by atoms with Crippen LogP contribution in [0.4, 0.5) is 5.69 Å². The molecular formula is C17H28N2O4. The molecule has 0 aromatic heterocycles. The average molecular weight is 324 g/mol. The molecule has 1 unspecified atom stereocenters. The highest BCUT2D eigenvalue weighted by Gasteiger charge is 2.12. The fourth-order valence-electron chi connectivity index (χ4n) is 2.20. The number of unbranched alkanes of at least 4 members (excludes halogenated alkanes) is 1. The smallest absolute Gasteiger partial charge is 0.221 e. The molecule has 0 saturated heterocycles. The molecule has 130 valence electrons. The van der Waals surface area contributed by atoms with E-state index in [1.54, 1.807) is 24.3 Å². The van der Waals surface area contributed by atoms with Gasteiger partial charge in [0.25, 0.3) is 0 Å². The molecule has 0 aliphatic rings. The summed E-state index contributed by atoms with van der Waals surface area (Å²) in [6.07, 6.45) is 1.50. The Morgan fingerprint density at radius 3 is 2.57 bits per heavy atom. The first-order valence-electron chi connectivity index (χ1n) is 8.07. The van der Waals surface area contributed by atoms with Crippen LogP contribution in [0.2, 0.25) is 0 Å². The van der Waals surface area contributed by atoms with Crippen LogP contribution in [0.1, 0.15) is 26.7 Å². The number of nitrogens with zero attached hydrogens (tertiary/aromatic N) is 1. The Balaban J connectivity index is 2.38. The van der Waals surface area contributed by atoms with E-state index in [0.717, 1.165) is 19.4 Å². The predicted molar refractivity (Wildman–Crippen MR) is 90.7 cm³/mol. The molecule has 0 aliphatic heterocycles. The average Bonchev–Trinajstić information content (AvgIpc) is 2.51. The van der Waals surface area contributed by atoms with Crippen molar-refractivity contribution in [3.05, 3.63) is 24.3 Å². The standard InChI is InChI=1S/C17H28N2O4/c1-3-4-9-19(10-11-20)12-16(22)13-23-17-7-5-15(6-8-17)18-14(2)21/h5-8,16,20,22H,3-4,9-13H2,1-2H3,(H,18,21). The van der Waals surface area contributed by atoms with E-state index in [0.29, 0.717) is 24.5 Å². The van der Waals surface area contributed by atoms with Gasteiger partial charge in [-0.2, -0.15) is 0 Å². The van der Waals surface area contributed by atoms with Crippen LogP contribution in [0.15, 0.2) is 24.3 Å². The molecule has 1 aromatic carbocycles. The number of ether oxygens (including phenoxy) is 1. The van der Waals surface area contributed by atoms with Crippen molar-refractivity contribution < 1.29 is 19.7 Å². The quantitative estimate of drug-likeness (QED) is 0.574. The van der Waals surface area contributed by atoms with Crippen molar-refractivity contribution in [2.24, 2.45) is 0 Å². The predicted octanol–water partition coefficient (Wildman–Crippen LogP) is 1.48. The third kappa shape index (κ3) is 8.54. The maximum absolute atomic E-state index is 10.9. The first-order chi connectivity index (χ1) is 11.0. The lowest BCUT2D eigenvalue weighted by Crippen LogP contribution is -2.37. The molecule has 0 bridgehead atoms. The van der Waals surface area contributed by atoms with Gasteiger partial charge in [-0.3, -0.25) is 9.69 Å². The van der Waals surface area contributed by atoms with Gasteiger partial charge in [-0.25, -0.2) is 0 Å². The summed E-state index contributed by atoms with van der Waals surface area (Å²) in [4.78, 5) is 13.0. The number of nitrogens with one attached hydrogen (secondary N) is 1. The second kappa shape index (κ2) is 11.0. The van der Waals surface area contributed by atoms with Crippen molar-refractivity contribution in [2.75, 3.05) is 38.2 Å². The van der Waals surface area contributed by atoms with E-state index in [-0.39, 0.29) is 19.1 Å². The van der Waals surface area contributed by atoms with Crippen molar-refractivity contribution in [2.45, 2.75) is 32.8 Å². The third-order valence-corrected chi connectivity index (χ3v) is 3.33. The highest BCUT2D eigenvalue weighted by atomic mass is 16.5. The molecule has 6 heteroatoms. The van der Waals surface area contributed by atoms with E-state index in [1.807, 2.05) is 4.90 Å². The van der Waals surface area contributed by atoms with Crippen LogP contribution >= 0.6 is 0 Å². The van der Waals surface area contributed by atoms with Crippen LogP contribution in [-0.4, -0.2) is 60.0 Å². The number of benzene rings is 1. The van der Waals surface area contributed by atoms with Gasteiger partial charge in [0.1, 0.15) is 18.5 Å². The lowest BCUT2D eigenvalue weighted by molar-refractivity contribution is -0.114. The Labute approximate surface area is 138 Å². The molecule has 0 spiro atoms. The van der Waals surface area contributed by atoms with Gasteiger partial charge in [0.2, 0.25) is 5.91 Å². The Morgan fingerprint density at radius 2 is 2.00 bits per heavy atom. The Bertz CT molecular complexity index is 450. The van der Waals surface area contributed by atoms with Crippen molar-refractivity contribution in [3.63, 3.8) is 0 Å². The van der Waals surface area contributed by atoms with Crippen LogP contribution in [0.3, 0.4) is 0 Å². The van der Waals surface area contributed by atoms with Crippen LogP contribution in [0, 0.1) is 0 Å².